The molecule has 0 aliphatic carbocycles. The van der Waals surface area contributed by atoms with E-state index in [4.69, 9.17) is 19.2 Å². The maximum Gasteiger partial charge on any atom is 0.373 e. The van der Waals surface area contributed by atoms with Gasteiger partial charge in [-0.15, -0.1) is 0 Å². The third-order valence-electron chi connectivity index (χ3n) is 2.34. The molecule has 0 bridgehead atoms. The zero-order chi connectivity index (χ0) is 13.5. The summed E-state index contributed by atoms with van der Waals surface area (Å²) in [5.74, 6) is 0.426. The smallest absolute Gasteiger partial charge is 0.373 e. The molecule has 18 heavy (non-hydrogen) atoms. The highest BCUT2D eigenvalue weighted by molar-refractivity contribution is 5.90. The summed E-state index contributed by atoms with van der Waals surface area (Å²) >= 11 is 0. The maximum atomic E-state index is 11.7. The van der Waals surface area contributed by atoms with Crippen LogP contribution in [0.4, 0.5) is 0 Å². The first-order valence-electron chi connectivity index (χ1n) is 5.55. The summed E-state index contributed by atoms with van der Waals surface area (Å²) in [5, 5.41) is 0. The molecule has 0 aliphatic heterocycles. The number of rotatable bonds is 6. The minimum Gasteiger partial charge on any atom is -0.497 e. The first-order chi connectivity index (χ1) is 8.60. The van der Waals surface area contributed by atoms with Gasteiger partial charge in [0.25, 0.3) is 0 Å². The van der Waals surface area contributed by atoms with Crippen LogP contribution in [-0.4, -0.2) is 20.2 Å². The normalized spacial score (nSPS) is 10.3. The van der Waals surface area contributed by atoms with E-state index in [1.807, 2.05) is 6.92 Å². The van der Waals surface area contributed by atoms with Crippen molar-refractivity contribution in [2.24, 2.45) is 0 Å². The molecule has 0 aliphatic rings. The molecule has 0 heterocycles. The van der Waals surface area contributed by atoms with Crippen molar-refractivity contribution in [3.8, 4) is 11.5 Å². The highest BCUT2D eigenvalue weighted by atomic mass is 17.2. The average Bonchev–Trinajstić information content (AvgIpc) is 2.43. The van der Waals surface area contributed by atoms with Gasteiger partial charge in [0, 0.05) is 6.07 Å². The highest BCUT2D eigenvalue weighted by Crippen LogP contribution is 2.23. The lowest BCUT2D eigenvalue weighted by atomic mass is 10.2. The van der Waals surface area contributed by atoms with Crippen molar-refractivity contribution >= 4 is 5.97 Å². The fourth-order valence-corrected chi connectivity index (χ4v) is 1.14. The molecule has 0 atom stereocenters. The fourth-order valence-electron chi connectivity index (χ4n) is 1.14. The molecule has 0 saturated heterocycles. The van der Waals surface area contributed by atoms with E-state index in [0.717, 1.165) is 0 Å². The van der Waals surface area contributed by atoms with Crippen molar-refractivity contribution in [1.29, 1.82) is 0 Å². The van der Waals surface area contributed by atoms with Gasteiger partial charge in [-0.2, -0.15) is 4.89 Å². The van der Waals surface area contributed by atoms with Crippen LogP contribution >= 0.6 is 0 Å². The largest absolute Gasteiger partial charge is 0.497 e. The lowest BCUT2D eigenvalue weighted by Gasteiger charge is -2.09. The van der Waals surface area contributed by atoms with E-state index in [9.17, 15) is 4.79 Å². The van der Waals surface area contributed by atoms with Crippen LogP contribution in [-0.2, 0) is 9.78 Å². The Morgan fingerprint density at radius 1 is 1.06 bits per heavy atom. The number of carbonyl (C=O) groups is 1. The zero-order valence-electron chi connectivity index (χ0n) is 11.0. The lowest BCUT2D eigenvalue weighted by molar-refractivity contribution is -0.232. The molecule has 5 nitrogen and oxygen atoms in total. The minimum atomic E-state index is -0.597. The van der Waals surface area contributed by atoms with Crippen molar-refractivity contribution < 1.29 is 24.0 Å². The third-order valence-corrected chi connectivity index (χ3v) is 2.34. The maximum absolute atomic E-state index is 11.7. The van der Waals surface area contributed by atoms with Crippen molar-refractivity contribution in [2.75, 3.05) is 14.2 Å². The number of methoxy groups -OCH3 is 2. The Morgan fingerprint density at radius 3 is 2.06 bits per heavy atom. The van der Waals surface area contributed by atoms with Crippen molar-refractivity contribution in [1.82, 2.24) is 0 Å². The van der Waals surface area contributed by atoms with Crippen LogP contribution in [0.15, 0.2) is 18.2 Å². The van der Waals surface area contributed by atoms with E-state index in [0.29, 0.717) is 29.6 Å². The summed E-state index contributed by atoms with van der Waals surface area (Å²) in [7, 11) is 3.02. The minimum absolute atomic E-state index is 0.301. The van der Waals surface area contributed by atoms with Gasteiger partial charge in [0.1, 0.15) is 17.6 Å². The van der Waals surface area contributed by atoms with Crippen LogP contribution in [0, 0.1) is 6.10 Å². The van der Waals surface area contributed by atoms with E-state index in [-0.39, 0.29) is 0 Å². The van der Waals surface area contributed by atoms with Gasteiger partial charge in [-0.05, 0) is 25.5 Å². The van der Waals surface area contributed by atoms with E-state index in [1.165, 1.54) is 14.2 Å². The molecule has 0 unspecified atom stereocenters. The van der Waals surface area contributed by atoms with Crippen LogP contribution < -0.4 is 9.47 Å². The number of carbonyl (C=O) groups excluding carboxylic acids is 1. The molecule has 0 aromatic heterocycles. The van der Waals surface area contributed by atoms with Gasteiger partial charge in [-0.3, -0.25) is 4.89 Å². The van der Waals surface area contributed by atoms with Gasteiger partial charge in [-0.25, -0.2) is 4.79 Å². The molecule has 1 radical (unpaired) electrons. The molecule has 1 aromatic carbocycles. The van der Waals surface area contributed by atoms with Gasteiger partial charge in [0.15, 0.2) is 0 Å². The molecule has 0 N–H and O–H groups in total. The second kappa shape index (κ2) is 6.86. The Hall–Kier alpha value is -1.75. The summed E-state index contributed by atoms with van der Waals surface area (Å²) in [6.07, 6.45) is 1.30. The summed E-state index contributed by atoms with van der Waals surface area (Å²) in [6, 6.07) is 4.77. The zero-order valence-corrected chi connectivity index (χ0v) is 11.0. The Morgan fingerprint density at radius 2 is 1.61 bits per heavy atom. The molecule has 0 fully saturated rings. The van der Waals surface area contributed by atoms with Crippen molar-refractivity contribution in [3.63, 3.8) is 0 Å². The molecule has 0 amide bonds. The molecular weight excluding hydrogens is 236 g/mol. The van der Waals surface area contributed by atoms with Crippen LogP contribution in [0.25, 0.3) is 0 Å². The summed E-state index contributed by atoms with van der Waals surface area (Å²) in [6.45, 7) is 3.64. The van der Waals surface area contributed by atoms with Gasteiger partial charge < -0.3 is 9.47 Å². The first-order valence-corrected chi connectivity index (χ1v) is 5.55. The SMILES string of the molecule is CC[C](C)OOC(=O)c1cc(OC)cc(OC)c1. The topological polar surface area (TPSA) is 54.0 Å². The van der Waals surface area contributed by atoms with E-state index >= 15 is 0 Å². The van der Waals surface area contributed by atoms with E-state index in [1.54, 1.807) is 25.1 Å². The van der Waals surface area contributed by atoms with Crippen molar-refractivity contribution in [3.05, 3.63) is 29.9 Å². The highest BCUT2D eigenvalue weighted by Gasteiger charge is 2.14. The monoisotopic (exact) mass is 253 g/mol. The second-order valence-electron chi connectivity index (χ2n) is 3.61. The standard InChI is InChI=1S/C13H17O5/c1-5-9(2)17-18-13(14)10-6-11(15-3)8-12(7-10)16-4/h6-8H,5H2,1-4H3. The van der Waals surface area contributed by atoms with E-state index < -0.39 is 5.97 Å². The van der Waals surface area contributed by atoms with Crippen LogP contribution in [0.5, 0.6) is 11.5 Å². The van der Waals surface area contributed by atoms with Crippen molar-refractivity contribution in [2.45, 2.75) is 20.3 Å². The van der Waals surface area contributed by atoms with Crippen LogP contribution in [0.3, 0.4) is 0 Å². The second-order valence-corrected chi connectivity index (χ2v) is 3.61. The Bertz CT molecular complexity index is 380. The predicted octanol–water partition coefficient (Wildman–Crippen LogP) is 2.75. The van der Waals surface area contributed by atoms with Gasteiger partial charge in [0.05, 0.1) is 19.8 Å². The Labute approximate surface area is 107 Å². The molecule has 1 rings (SSSR count). The number of hydrogen-bond donors (Lipinski definition) is 0. The number of hydrogen-bond acceptors (Lipinski definition) is 5. The fraction of sp³-hybridized carbons (Fsp3) is 0.385. The first kappa shape index (κ1) is 14.3. The van der Waals surface area contributed by atoms with Gasteiger partial charge in [0.2, 0.25) is 0 Å². The Balaban J connectivity index is 2.78. The summed E-state index contributed by atoms with van der Waals surface area (Å²) < 4.78 is 10.1. The van der Waals surface area contributed by atoms with Gasteiger partial charge >= 0.3 is 5.97 Å². The lowest BCUT2D eigenvalue weighted by Crippen LogP contribution is -2.08. The Kier molecular flexibility index (Phi) is 5.45. The molecule has 5 heteroatoms. The molecule has 0 saturated carbocycles. The van der Waals surface area contributed by atoms with Gasteiger partial charge in [-0.1, -0.05) is 6.92 Å². The average molecular weight is 253 g/mol. The quantitative estimate of drug-likeness (QED) is 0.576. The molecule has 1 aromatic rings. The molecule has 0 spiro atoms. The number of benzene rings is 1. The number of ether oxygens (including phenoxy) is 2. The molecule has 99 valence electrons. The summed E-state index contributed by atoms with van der Waals surface area (Å²) in [4.78, 5) is 21.3. The van der Waals surface area contributed by atoms with Crippen LogP contribution in [0.2, 0.25) is 0 Å². The predicted molar refractivity (Wildman–Crippen MR) is 65.3 cm³/mol. The van der Waals surface area contributed by atoms with Crippen LogP contribution in [0.1, 0.15) is 30.6 Å². The van der Waals surface area contributed by atoms with E-state index in [2.05, 4.69) is 0 Å². The molecular formula is C13H17O5. The summed E-state index contributed by atoms with van der Waals surface area (Å²) in [5.41, 5.74) is 0.301. The third kappa shape index (κ3) is 3.92.